The Hall–Kier alpha value is -2.11. The van der Waals surface area contributed by atoms with Crippen LogP contribution in [0.1, 0.15) is 13.3 Å². The minimum Gasteiger partial charge on any atom is -0.482 e. The average Bonchev–Trinajstić information content (AvgIpc) is 2.34. The Morgan fingerprint density at radius 1 is 1.35 bits per heavy atom. The number of esters is 1. The minimum absolute atomic E-state index is 0.0223. The van der Waals surface area contributed by atoms with E-state index in [2.05, 4.69) is 0 Å². The van der Waals surface area contributed by atoms with Gasteiger partial charge in [-0.1, -0.05) is 6.92 Å². The SMILES string of the molecule is CCCOC(=O)COc1ccc([N+](=O)[O-])cc1. The highest BCUT2D eigenvalue weighted by Gasteiger charge is 2.06. The smallest absolute Gasteiger partial charge is 0.344 e. The molecule has 0 saturated heterocycles. The van der Waals surface area contributed by atoms with Crippen molar-refractivity contribution in [3.8, 4) is 5.75 Å². The summed E-state index contributed by atoms with van der Waals surface area (Å²) in [4.78, 5) is 21.0. The van der Waals surface area contributed by atoms with Gasteiger partial charge in [0.25, 0.3) is 5.69 Å². The van der Waals surface area contributed by atoms with Gasteiger partial charge in [0.2, 0.25) is 0 Å². The number of ether oxygens (including phenoxy) is 2. The van der Waals surface area contributed by atoms with Crippen LogP contribution in [-0.4, -0.2) is 24.1 Å². The molecule has 1 aromatic rings. The highest BCUT2D eigenvalue weighted by molar-refractivity contribution is 5.71. The molecule has 0 atom stereocenters. The van der Waals surface area contributed by atoms with Crippen molar-refractivity contribution >= 4 is 11.7 Å². The number of carbonyl (C=O) groups is 1. The number of nitrogens with zero attached hydrogens (tertiary/aromatic N) is 1. The van der Waals surface area contributed by atoms with Crippen LogP contribution in [0.15, 0.2) is 24.3 Å². The van der Waals surface area contributed by atoms with Gasteiger partial charge in [-0.05, 0) is 18.6 Å². The third-order valence-corrected chi connectivity index (χ3v) is 1.87. The van der Waals surface area contributed by atoms with E-state index in [4.69, 9.17) is 9.47 Å². The number of hydrogen-bond donors (Lipinski definition) is 0. The van der Waals surface area contributed by atoms with Gasteiger partial charge in [-0.3, -0.25) is 10.1 Å². The summed E-state index contributed by atoms with van der Waals surface area (Å²) in [6, 6.07) is 5.50. The van der Waals surface area contributed by atoms with E-state index in [0.717, 1.165) is 6.42 Å². The van der Waals surface area contributed by atoms with Crippen LogP contribution >= 0.6 is 0 Å². The van der Waals surface area contributed by atoms with Crippen molar-refractivity contribution in [2.24, 2.45) is 0 Å². The fraction of sp³-hybridized carbons (Fsp3) is 0.364. The molecule has 0 aromatic heterocycles. The molecule has 0 amide bonds. The van der Waals surface area contributed by atoms with E-state index in [1.807, 2.05) is 6.92 Å². The first-order valence-electron chi connectivity index (χ1n) is 5.16. The van der Waals surface area contributed by atoms with E-state index >= 15 is 0 Å². The molecule has 0 aliphatic carbocycles. The van der Waals surface area contributed by atoms with Crippen LogP contribution in [-0.2, 0) is 9.53 Å². The normalized spacial score (nSPS) is 9.71. The number of hydrogen-bond acceptors (Lipinski definition) is 5. The summed E-state index contributed by atoms with van der Waals surface area (Å²) in [7, 11) is 0. The molecule has 0 spiro atoms. The third-order valence-electron chi connectivity index (χ3n) is 1.87. The van der Waals surface area contributed by atoms with Gasteiger partial charge in [-0.25, -0.2) is 4.79 Å². The van der Waals surface area contributed by atoms with Gasteiger partial charge in [0.15, 0.2) is 6.61 Å². The van der Waals surface area contributed by atoms with Crippen LogP contribution < -0.4 is 4.74 Å². The molecule has 0 radical (unpaired) electrons. The molecule has 0 aliphatic rings. The van der Waals surface area contributed by atoms with Gasteiger partial charge in [0, 0.05) is 12.1 Å². The quantitative estimate of drug-likeness (QED) is 0.430. The Morgan fingerprint density at radius 3 is 2.53 bits per heavy atom. The zero-order valence-electron chi connectivity index (χ0n) is 9.42. The van der Waals surface area contributed by atoms with Crippen molar-refractivity contribution in [1.82, 2.24) is 0 Å². The lowest BCUT2D eigenvalue weighted by Crippen LogP contribution is -2.15. The summed E-state index contributed by atoms with van der Waals surface area (Å²) in [5.41, 5.74) is -0.0223. The highest BCUT2D eigenvalue weighted by atomic mass is 16.6. The van der Waals surface area contributed by atoms with Gasteiger partial charge in [0.05, 0.1) is 11.5 Å². The number of non-ortho nitro benzene ring substituents is 1. The van der Waals surface area contributed by atoms with Crippen molar-refractivity contribution in [3.05, 3.63) is 34.4 Å². The van der Waals surface area contributed by atoms with Crippen LogP contribution in [0, 0.1) is 10.1 Å². The number of benzene rings is 1. The summed E-state index contributed by atoms with van der Waals surface area (Å²) in [5, 5.41) is 10.4. The average molecular weight is 239 g/mol. The number of nitro groups is 1. The van der Waals surface area contributed by atoms with Gasteiger partial charge < -0.3 is 9.47 Å². The molecule has 92 valence electrons. The fourth-order valence-corrected chi connectivity index (χ4v) is 1.06. The fourth-order valence-electron chi connectivity index (χ4n) is 1.06. The Kier molecular flexibility index (Phi) is 4.93. The number of nitro benzene ring substituents is 1. The lowest BCUT2D eigenvalue weighted by Gasteiger charge is -2.05. The van der Waals surface area contributed by atoms with Gasteiger partial charge in [-0.15, -0.1) is 0 Å². The van der Waals surface area contributed by atoms with Crippen LogP contribution in [0.2, 0.25) is 0 Å². The monoisotopic (exact) mass is 239 g/mol. The van der Waals surface area contributed by atoms with Crippen molar-refractivity contribution in [2.45, 2.75) is 13.3 Å². The van der Waals surface area contributed by atoms with E-state index in [9.17, 15) is 14.9 Å². The van der Waals surface area contributed by atoms with Gasteiger partial charge in [0.1, 0.15) is 5.75 Å². The van der Waals surface area contributed by atoms with E-state index in [-0.39, 0.29) is 12.3 Å². The standard InChI is InChI=1S/C11H13NO5/c1-2-7-16-11(13)8-17-10-5-3-9(4-6-10)12(14)15/h3-6H,2,7-8H2,1H3. The summed E-state index contributed by atoms with van der Waals surface area (Å²) in [6.07, 6.45) is 0.753. The summed E-state index contributed by atoms with van der Waals surface area (Å²) in [6.45, 7) is 2.06. The maximum absolute atomic E-state index is 11.1. The predicted molar refractivity (Wildman–Crippen MR) is 59.8 cm³/mol. The van der Waals surface area contributed by atoms with E-state index in [0.29, 0.717) is 12.4 Å². The molecule has 6 nitrogen and oxygen atoms in total. The molecule has 1 rings (SSSR count). The molecule has 0 aliphatic heterocycles. The van der Waals surface area contributed by atoms with Gasteiger partial charge in [-0.2, -0.15) is 0 Å². The maximum atomic E-state index is 11.1. The summed E-state index contributed by atoms with van der Waals surface area (Å²) in [5.74, 6) is -0.0609. The Labute approximate surface area is 98.3 Å². The zero-order chi connectivity index (χ0) is 12.7. The van der Waals surface area contributed by atoms with E-state index in [1.54, 1.807) is 0 Å². The van der Waals surface area contributed by atoms with Crippen molar-refractivity contribution in [1.29, 1.82) is 0 Å². The first-order valence-corrected chi connectivity index (χ1v) is 5.16. The van der Waals surface area contributed by atoms with Crippen LogP contribution in [0.5, 0.6) is 5.75 Å². The topological polar surface area (TPSA) is 78.7 Å². The van der Waals surface area contributed by atoms with Gasteiger partial charge >= 0.3 is 5.97 Å². The molecular formula is C11H13NO5. The Balaban J connectivity index is 2.42. The van der Waals surface area contributed by atoms with E-state index in [1.165, 1.54) is 24.3 Å². The largest absolute Gasteiger partial charge is 0.482 e. The Bertz CT molecular complexity index is 387. The van der Waals surface area contributed by atoms with Crippen molar-refractivity contribution in [3.63, 3.8) is 0 Å². The Morgan fingerprint density at radius 2 is 2.00 bits per heavy atom. The molecule has 0 saturated carbocycles. The maximum Gasteiger partial charge on any atom is 0.344 e. The van der Waals surface area contributed by atoms with Crippen molar-refractivity contribution < 1.29 is 19.2 Å². The predicted octanol–water partition coefficient (Wildman–Crippen LogP) is 1.93. The minimum atomic E-state index is -0.501. The first-order chi connectivity index (χ1) is 8.13. The molecule has 17 heavy (non-hydrogen) atoms. The van der Waals surface area contributed by atoms with Crippen LogP contribution in [0.3, 0.4) is 0 Å². The molecule has 0 N–H and O–H groups in total. The molecule has 0 heterocycles. The second-order valence-electron chi connectivity index (χ2n) is 3.26. The lowest BCUT2D eigenvalue weighted by atomic mass is 10.3. The summed E-state index contributed by atoms with van der Waals surface area (Å²) < 4.78 is 9.91. The summed E-state index contributed by atoms with van der Waals surface area (Å²) >= 11 is 0. The third kappa shape index (κ3) is 4.50. The van der Waals surface area contributed by atoms with E-state index < -0.39 is 10.9 Å². The number of carbonyl (C=O) groups excluding carboxylic acids is 1. The first kappa shape index (κ1) is 13.0. The van der Waals surface area contributed by atoms with Crippen molar-refractivity contribution in [2.75, 3.05) is 13.2 Å². The molecule has 0 unspecified atom stereocenters. The lowest BCUT2D eigenvalue weighted by molar-refractivity contribution is -0.384. The highest BCUT2D eigenvalue weighted by Crippen LogP contribution is 2.17. The molecule has 1 aromatic carbocycles. The van der Waals surface area contributed by atoms with Crippen LogP contribution in [0.4, 0.5) is 5.69 Å². The molecule has 0 fully saturated rings. The molecular weight excluding hydrogens is 226 g/mol. The number of rotatable bonds is 6. The second kappa shape index (κ2) is 6.47. The second-order valence-corrected chi connectivity index (χ2v) is 3.26. The van der Waals surface area contributed by atoms with Crippen LogP contribution in [0.25, 0.3) is 0 Å². The molecule has 0 bridgehead atoms. The molecule has 6 heteroatoms. The zero-order valence-corrected chi connectivity index (χ0v) is 9.42.